The van der Waals surface area contributed by atoms with Gasteiger partial charge in [-0.3, -0.25) is 0 Å². The third-order valence-electron chi connectivity index (χ3n) is 3.72. The van der Waals surface area contributed by atoms with Crippen molar-refractivity contribution < 1.29 is 0 Å². The molecule has 0 aliphatic rings. The van der Waals surface area contributed by atoms with Gasteiger partial charge in [0.1, 0.15) is 0 Å². The molecular formula is C16H36N2. The molecule has 2 nitrogen and oxygen atoms in total. The van der Waals surface area contributed by atoms with Crippen molar-refractivity contribution in [1.82, 2.24) is 10.2 Å². The number of hydrogen-bond acceptors (Lipinski definition) is 2. The molecule has 0 fully saturated rings. The van der Waals surface area contributed by atoms with Gasteiger partial charge >= 0.3 is 0 Å². The maximum Gasteiger partial charge on any atom is 0.0243 e. The van der Waals surface area contributed by atoms with Crippen LogP contribution in [0.2, 0.25) is 0 Å². The lowest BCUT2D eigenvalue weighted by molar-refractivity contribution is 0.154. The molecule has 0 aliphatic carbocycles. The molecule has 0 saturated carbocycles. The monoisotopic (exact) mass is 256 g/mol. The molecule has 0 bridgehead atoms. The van der Waals surface area contributed by atoms with Crippen LogP contribution in [0.4, 0.5) is 0 Å². The first-order valence-electron chi connectivity index (χ1n) is 7.62. The first-order valence-corrected chi connectivity index (χ1v) is 7.62. The molecule has 0 radical (unpaired) electrons. The van der Waals surface area contributed by atoms with Crippen LogP contribution in [0.5, 0.6) is 0 Å². The van der Waals surface area contributed by atoms with E-state index in [1.807, 2.05) is 0 Å². The van der Waals surface area contributed by atoms with Gasteiger partial charge in [0.25, 0.3) is 0 Å². The van der Waals surface area contributed by atoms with Gasteiger partial charge in [0.2, 0.25) is 0 Å². The first kappa shape index (κ1) is 17.9. The fourth-order valence-corrected chi connectivity index (χ4v) is 2.29. The molecule has 0 rings (SSSR count). The Hall–Kier alpha value is -0.0800. The van der Waals surface area contributed by atoms with Gasteiger partial charge in [-0.1, -0.05) is 41.5 Å². The summed E-state index contributed by atoms with van der Waals surface area (Å²) in [6, 6.07) is 1.23. The number of rotatable bonds is 8. The molecule has 2 unspecified atom stereocenters. The van der Waals surface area contributed by atoms with Gasteiger partial charge in [-0.15, -0.1) is 0 Å². The van der Waals surface area contributed by atoms with Gasteiger partial charge in [-0.2, -0.15) is 0 Å². The topological polar surface area (TPSA) is 15.3 Å². The number of likely N-dealkylation sites (N-methyl/N-ethyl adjacent to an activating group) is 1. The van der Waals surface area contributed by atoms with Crippen molar-refractivity contribution in [2.45, 2.75) is 73.4 Å². The second kappa shape index (κ2) is 8.16. The Labute approximate surface area is 116 Å². The van der Waals surface area contributed by atoms with Crippen molar-refractivity contribution in [3.63, 3.8) is 0 Å². The predicted molar refractivity (Wildman–Crippen MR) is 83.1 cm³/mol. The molecule has 0 heterocycles. The van der Waals surface area contributed by atoms with E-state index in [1.165, 1.54) is 12.8 Å². The van der Waals surface area contributed by atoms with Crippen molar-refractivity contribution >= 4 is 0 Å². The molecule has 18 heavy (non-hydrogen) atoms. The second-order valence-corrected chi connectivity index (χ2v) is 7.29. The van der Waals surface area contributed by atoms with Crippen LogP contribution in [-0.2, 0) is 0 Å². The zero-order chi connectivity index (χ0) is 14.3. The average Bonchev–Trinajstić information content (AvgIpc) is 2.21. The minimum atomic E-state index is 0.320. The van der Waals surface area contributed by atoms with E-state index in [0.717, 1.165) is 19.0 Å². The fraction of sp³-hybridized carbons (Fsp3) is 1.00. The molecule has 0 aromatic rings. The molecule has 0 spiro atoms. The maximum atomic E-state index is 3.71. The number of hydrogen-bond donors (Lipinski definition) is 1. The van der Waals surface area contributed by atoms with E-state index < -0.39 is 0 Å². The van der Waals surface area contributed by atoms with Crippen LogP contribution in [0.15, 0.2) is 0 Å². The van der Waals surface area contributed by atoms with E-state index in [0.29, 0.717) is 17.5 Å². The van der Waals surface area contributed by atoms with E-state index in [-0.39, 0.29) is 0 Å². The van der Waals surface area contributed by atoms with E-state index in [1.54, 1.807) is 0 Å². The highest BCUT2D eigenvalue weighted by Crippen LogP contribution is 2.21. The van der Waals surface area contributed by atoms with Crippen LogP contribution >= 0.6 is 0 Å². The van der Waals surface area contributed by atoms with Crippen molar-refractivity contribution in [2.24, 2.45) is 11.3 Å². The molecule has 2 heteroatoms. The standard InChI is InChI=1S/C16H36N2/c1-9-10-17-15(16(5,6)7)12-18(8)14(4)11-13(2)3/h13-15,17H,9-12H2,1-8H3. The van der Waals surface area contributed by atoms with E-state index in [9.17, 15) is 0 Å². The van der Waals surface area contributed by atoms with Crippen LogP contribution < -0.4 is 5.32 Å². The summed E-state index contributed by atoms with van der Waals surface area (Å²) in [5.74, 6) is 0.777. The van der Waals surface area contributed by atoms with Gasteiger partial charge < -0.3 is 10.2 Å². The van der Waals surface area contributed by atoms with Crippen LogP contribution in [-0.4, -0.2) is 37.1 Å². The van der Waals surface area contributed by atoms with Crippen molar-refractivity contribution in [2.75, 3.05) is 20.1 Å². The molecule has 0 amide bonds. The van der Waals surface area contributed by atoms with Gasteiger partial charge in [0.15, 0.2) is 0 Å². The van der Waals surface area contributed by atoms with E-state index in [2.05, 4.69) is 65.7 Å². The Bertz CT molecular complexity index is 206. The fourth-order valence-electron chi connectivity index (χ4n) is 2.29. The van der Waals surface area contributed by atoms with Crippen LogP contribution in [0, 0.1) is 11.3 Å². The van der Waals surface area contributed by atoms with Crippen LogP contribution in [0.3, 0.4) is 0 Å². The Kier molecular flexibility index (Phi) is 8.13. The number of nitrogens with one attached hydrogen (secondary N) is 1. The lowest BCUT2D eigenvalue weighted by Gasteiger charge is -2.37. The van der Waals surface area contributed by atoms with Gasteiger partial charge in [0.05, 0.1) is 0 Å². The molecule has 0 aliphatic heterocycles. The highest BCUT2D eigenvalue weighted by molar-refractivity contribution is 4.84. The summed E-state index contributed by atoms with van der Waals surface area (Å²) in [6.07, 6.45) is 2.49. The minimum Gasteiger partial charge on any atom is -0.312 e. The summed E-state index contributed by atoms with van der Waals surface area (Å²) in [7, 11) is 2.26. The summed E-state index contributed by atoms with van der Waals surface area (Å²) in [5.41, 5.74) is 0.320. The zero-order valence-electron chi connectivity index (χ0n) is 14.0. The molecular weight excluding hydrogens is 220 g/mol. The SMILES string of the molecule is CCCNC(CN(C)C(C)CC(C)C)C(C)(C)C. The van der Waals surface area contributed by atoms with Crippen LogP contribution in [0.1, 0.15) is 61.3 Å². The molecule has 0 saturated heterocycles. The zero-order valence-corrected chi connectivity index (χ0v) is 14.0. The summed E-state index contributed by atoms with van der Waals surface area (Å²) in [4.78, 5) is 2.51. The van der Waals surface area contributed by atoms with Gasteiger partial charge in [-0.25, -0.2) is 0 Å². The Balaban J connectivity index is 4.38. The summed E-state index contributed by atoms with van der Waals surface area (Å²) in [6.45, 7) is 18.5. The lowest BCUT2D eigenvalue weighted by atomic mass is 9.86. The summed E-state index contributed by atoms with van der Waals surface area (Å²) >= 11 is 0. The first-order chi connectivity index (χ1) is 8.18. The third-order valence-corrected chi connectivity index (χ3v) is 3.72. The smallest absolute Gasteiger partial charge is 0.0243 e. The van der Waals surface area contributed by atoms with Crippen LogP contribution in [0.25, 0.3) is 0 Å². The van der Waals surface area contributed by atoms with Gasteiger partial charge in [-0.05, 0) is 44.7 Å². The molecule has 2 atom stereocenters. The average molecular weight is 256 g/mol. The summed E-state index contributed by atoms with van der Waals surface area (Å²) in [5, 5.41) is 3.71. The normalized spacial score (nSPS) is 16.3. The van der Waals surface area contributed by atoms with Gasteiger partial charge in [0, 0.05) is 18.6 Å². The summed E-state index contributed by atoms with van der Waals surface area (Å²) < 4.78 is 0. The predicted octanol–water partition coefficient (Wildman–Crippen LogP) is 3.77. The highest BCUT2D eigenvalue weighted by atomic mass is 15.2. The highest BCUT2D eigenvalue weighted by Gasteiger charge is 2.26. The third kappa shape index (κ3) is 7.38. The molecule has 110 valence electrons. The molecule has 1 N–H and O–H groups in total. The second-order valence-electron chi connectivity index (χ2n) is 7.29. The molecule has 0 aromatic carbocycles. The lowest BCUT2D eigenvalue weighted by Crippen LogP contribution is -2.49. The maximum absolute atomic E-state index is 3.71. The van der Waals surface area contributed by atoms with Crippen molar-refractivity contribution in [3.8, 4) is 0 Å². The van der Waals surface area contributed by atoms with Crippen molar-refractivity contribution in [3.05, 3.63) is 0 Å². The Morgan fingerprint density at radius 2 is 1.67 bits per heavy atom. The Morgan fingerprint density at radius 1 is 1.11 bits per heavy atom. The minimum absolute atomic E-state index is 0.320. The van der Waals surface area contributed by atoms with E-state index >= 15 is 0 Å². The molecule has 0 aromatic heterocycles. The van der Waals surface area contributed by atoms with Crippen molar-refractivity contribution in [1.29, 1.82) is 0 Å². The quantitative estimate of drug-likeness (QED) is 0.711. The van der Waals surface area contributed by atoms with E-state index in [4.69, 9.17) is 0 Å². The number of nitrogens with zero attached hydrogens (tertiary/aromatic N) is 1. The largest absolute Gasteiger partial charge is 0.312 e. The Morgan fingerprint density at radius 3 is 2.06 bits per heavy atom.